The minimum Gasteiger partial charge on any atom is -0.325 e. The first-order valence-corrected chi connectivity index (χ1v) is 12.4. The van der Waals surface area contributed by atoms with E-state index in [-0.39, 0.29) is 5.91 Å². The normalized spacial score (nSPS) is 10.9. The number of hydrogen-bond acceptors (Lipinski definition) is 4. The molecule has 0 aliphatic heterocycles. The Bertz CT molecular complexity index is 1000. The molecule has 0 aliphatic carbocycles. The number of aromatic nitrogens is 1. The maximum absolute atomic E-state index is 12.3. The molecular formula is C23H24Cl2N2OS2. The van der Waals surface area contributed by atoms with Crippen molar-refractivity contribution < 1.29 is 4.79 Å². The highest BCUT2D eigenvalue weighted by Crippen LogP contribution is 2.31. The number of unbranched alkanes of at least 4 members (excludes halogenated alkanes) is 1. The number of rotatable bonds is 9. The van der Waals surface area contributed by atoms with Gasteiger partial charge < -0.3 is 5.32 Å². The lowest BCUT2D eigenvalue weighted by atomic mass is 10.1. The van der Waals surface area contributed by atoms with Gasteiger partial charge in [0.25, 0.3) is 0 Å². The van der Waals surface area contributed by atoms with Crippen molar-refractivity contribution in [2.45, 2.75) is 43.9 Å². The molecule has 158 valence electrons. The lowest BCUT2D eigenvalue weighted by Crippen LogP contribution is -2.13. The summed E-state index contributed by atoms with van der Waals surface area (Å²) in [6.07, 6.45) is 4.12. The first-order valence-electron chi connectivity index (χ1n) is 9.86. The first-order chi connectivity index (χ1) is 14.4. The number of carbonyl (C=O) groups excluding carboxylic acids is 1. The van der Waals surface area contributed by atoms with Crippen LogP contribution in [0, 0.1) is 6.92 Å². The van der Waals surface area contributed by atoms with Crippen LogP contribution in [-0.2, 0) is 17.6 Å². The Morgan fingerprint density at radius 2 is 1.93 bits per heavy atom. The third kappa shape index (κ3) is 6.74. The molecule has 0 bridgehead atoms. The van der Waals surface area contributed by atoms with Crippen molar-refractivity contribution in [3.63, 3.8) is 0 Å². The zero-order chi connectivity index (χ0) is 21.5. The highest BCUT2D eigenvalue weighted by atomic mass is 35.5. The van der Waals surface area contributed by atoms with E-state index >= 15 is 0 Å². The van der Waals surface area contributed by atoms with Gasteiger partial charge in [0.2, 0.25) is 5.91 Å². The van der Waals surface area contributed by atoms with Gasteiger partial charge in [0.05, 0.1) is 11.4 Å². The number of thiazole rings is 1. The van der Waals surface area contributed by atoms with Crippen molar-refractivity contribution in [3.8, 4) is 0 Å². The number of amides is 1. The van der Waals surface area contributed by atoms with Crippen molar-refractivity contribution in [2.24, 2.45) is 0 Å². The molecule has 0 radical (unpaired) electrons. The van der Waals surface area contributed by atoms with Gasteiger partial charge in [-0.25, -0.2) is 4.98 Å². The van der Waals surface area contributed by atoms with Gasteiger partial charge in [-0.15, -0.1) is 11.3 Å². The van der Waals surface area contributed by atoms with E-state index in [1.54, 1.807) is 17.4 Å². The predicted molar refractivity (Wildman–Crippen MR) is 131 cm³/mol. The SMILES string of the molecule is CCCCc1ccc(NC(=O)CSc2nc(C)c(Cc3cc(Cl)ccc3Cl)s2)cc1. The summed E-state index contributed by atoms with van der Waals surface area (Å²) in [7, 11) is 0. The molecule has 3 aromatic rings. The van der Waals surface area contributed by atoms with E-state index in [1.807, 2.05) is 31.2 Å². The molecule has 1 aromatic heterocycles. The summed E-state index contributed by atoms with van der Waals surface area (Å²) in [6, 6.07) is 13.6. The molecule has 1 heterocycles. The molecule has 0 saturated heterocycles. The van der Waals surface area contributed by atoms with Crippen molar-refractivity contribution in [1.82, 2.24) is 4.98 Å². The Hall–Kier alpha value is -1.53. The van der Waals surface area contributed by atoms with Gasteiger partial charge in [-0.2, -0.15) is 0 Å². The van der Waals surface area contributed by atoms with Crippen molar-refractivity contribution in [3.05, 3.63) is 74.2 Å². The minimum atomic E-state index is -0.0337. The quantitative estimate of drug-likeness (QED) is 0.325. The number of hydrogen-bond donors (Lipinski definition) is 1. The maximum Gasteiger partial charge on any atom is 0.234 e. The monoisotopic (exact) mass is 478 g/mol. The summed E-state index contributed by atoms with van der Waals surface area (Å²) in [6.45, 7) is 4.17. The molecule has 1 amide bonds. The Morgan fingerprint density at radius 3 is 2.67 bits per heavy atom. The number of nitrogens with zero attached hydrogens (tertiary/aromatic N) is 1. The van der Waals surface area contributed by atoms with Gasteiger partial charge in [-0.3, -0.25) is 4.79 Å². The van der Waals surface area contributed by atoms with E-state index < -0.39 is 0 Å². The molecule has 3 rings (SSSR count). The van der Waals surface area contributed by atoms with Gasteiger partial charge >= 0.3 is 0 Å². The van der Waals surface area contributed by atoms with Crippen LogP contribution in [0.4, 0.5) is 5.69 Å². The highest BCUT2D eigenvalue weighted by Gasteiger charge is 2.13. The average molecular weight is 479 g/mol. The number of benzene rings is 2. The zero-order valence-corrected chi connectivity index (χ0v) is 20.1. The zero-order valence-electron chi connectivity index (χ0n) is 17.0. The van der Waals surface area contributed by atoms with E-state index in [2.05, 4.69) is 29.4 Å². The van der Waals surface area contributed by atoms with Gasteiger partial charge in [0.15, 0.2) is 4.34 Å². The van der Waals surface area contributed by atoms with Gasteiger partial charge in [0.1, 0.15) is 0 Å². The van der Waals surface area contributed by atoms with Crippen LogP contribution in [0.5, 0.6) is 0 Å². The molecular weight excluding hydrogens is 455 g/mol. The lowest BCUT2D eigenvalue weighted by Gasteiger charge is -2.06. The summed E-state index contributed by atoms with van der Waals surface area (Å²) < 4.78 is 0.880. The Labute approximate surface area is 196 Å². The third-order valence-corrected chi connectivity index (χ3v) is 7.52. The van der Waals surface area contributed by atoms with Crippen LogP contribution in [0.25, 0.3) is 0 Å². The predicted octanol–water partition coefficient (Wildman–Crippen LogP) is 7.42. The average Bonchev–Trinajstić information content (AvgIpc) is 3.08. The van der Waals surface area contributed by atoms with Crippen molar-refractivity contribution in [1.29, 1.82) is 0 Å². The molecule has 0 aliphatic rings. The largest absolute Gasteiger partial charge is 0.325 e. The minimum absolute atomic E-state index is 0.0337. The van der Waals surface area contributed by atoms with Crippen LogP contribution in [0.2, 0.25) is 10.0 Å². The Kier molecular flexibility index (Phi) is 8.63. The van der Waals surface area contributed by atoms with E-state index in [4.69, 9.17) is 23.2 Å². The first kappa shape index (κ1) is 23.1. The van der Waals surface area contributed by atoms with Crippen LogP contribution in [-0.4, -0.2) is 16.6 Å². The van der Waals surface area contributed by atoms with Crippen molar-refractivity contribution in [2.75, 3.05) is 11.1 Å². The molecule has 2 aromatic carbocycles. The van der Waals surface area contributed by atoms with E-state index in [1.165, 1.54) is 30.2 Å². The van der Waals surface area contributed by atoms with E-state index in [0.717, 1.165) is 32.6 Å². The summed E-state index contributed by atoms with van der Waals surface area (Å²) in [5.74, 6) is 0.288. The molecule has 0 spiro atoms. The smallest absolute Gasteiger partial charge is 0.234 e. The third-order valence-electron chi connectivity index (χ3n) is 4.62. The van der Waals surface area contributed by atoms with Crippen molar-refractivity contribution >= 4 is 57.9 Å². The number of carbonyl (C=O) groups is 1. The van der Waals surface area contributed by atoms with Gasteiger partial charge in [0, 0.05) is 27.0 Å². The second-order valence-electron chi connectivity index (χ2n) is 7.04. The van der Waals surface area contributed by atoms with Crippen LogP contribution in [0.3, 0.4) is 0 Å². The molecule has 1 N–H and O–H groups in total. The van der Waals surface area contributed by atoms with E-state index in [0.29, 0.717) is 22.2 Å². The molecule has 0 atom stereocenters. The molecule has 7 heteroatoms. The standard InChI is InChI=1S/C23H24Cl2N2OS2/c1-3-4-5-16-6-9-19(10-7-16)27-22(28)14-29-23-26-15(2)21(30-23)13-17-12-18(24)8-11-20(17)25/h6-12H,3-5,13-14H2,1-2H3,(H,27,28). The van der Waals surface area contributed by atoms with Gasteiger partial charge in [-0.1, -0.05) is 60.4 Å². The number of nitrogens with one attached hydrogen (secondary N) is 1. The van der Waals surface area contributed by atoms with Crippen LogP contribution in [0.15, 0.2) is 46.8 Å². The number of thioether (sulfide) groups is 1. The summed E-state index contributed by atoms with van der Waals surface area (Å²) in [5, 5.41) is 4.32. The second-order valence-corrected chi connectivity index (χ2v) is 10.2. The number of aryl methyl sites for hydroxylation is 2. The fourth-order valence-electron chi connectivity index (χ4n) is 2.94. The van der Waals surface area contributed by atoms with Crippen LogP contribution < -0.4 is 5.32 Å². The number of halogens is 2. The fourth-order valence-corrected chi connectivity index (χ4v) is 5.37. The Morgan fingerprint density at radius 1 is 1.17 bits per heavy atom. The molecule has 0 fully saturated rings. The van der Waals surface area contributed by atoms with Crippen LogP contribution in [0.1, 0.15) is 41.5 Å². The lowest BCUT2D eigenvalue weighted by molar-refractivity contribution is -0.113. The van der Waals surface area contributed by atoms with E-state index in [9.17, 15) is 4.79 Å². The fraction of sp³-hybridized carbons (Fsp3) is 0.304. The topological polar surface area (TPSA) is 42.0 Å². The van der Waals surface area contributed by atoms with Gasteiger partial charge in [-0.05, 0) is 61.2 Å². The molecule has 0 unspecified atom stereocenters. The molecule has 3 nitrogen and oxygen atoms in total. The Balaban J connectivity index is 1.54. The summed E-state index contributed by atoms with van der Waals surface area (Å²) >= 11 is 15.4. The molecule has 30 heavy (non-hydrogen) atoms. The second kappa shape index (κ2) is 11.2. The highest BCUT2D eigenvalue weighted by molar-refractivity contribution is 8.01. The maximum atomic E-state index is 12.3. The summed E-state index contributed by atoms with van der Waals surface area (Å²) in [4.78, 5) is 18.1. The number of anilines is 1. The summed E-state index contributed by atoms with van der Waals surface area (Å²) in [5.41, 5.74) is 4.07. The van der Waals surface area contributed by atoms with Crippen LogP contribution >= 0.6 is 46.3 Å². The molecule has 0 saturated carbocycles.